The maximum Gasteiger partial charge on any atom is 0.290 e. The van der Waals surface area contributed by atoms with Crippen molar-refractivity contribution in [2.45, 2.75) is 45.8 Å². The summed E-state index contributed by atoms with van der Waals surface area (Å²) in [6.45, 7) is 6.70. The second kappa shape index (κ2) is 6.45. The summed E-state index contributed by atoms with van der Waals surface area (Å²) in [6.07, 6.45) is 3.51. The highest BCUT2D eigenvalue weighted by atomic mass is 16.5. The summed E-state index contributed by atoms with van der Waals surface area (Å²) in [4.78, 5) is 21.8. The van der Waals surface area contributed by atoms with E-state index in [1.165, 1.54) is 0 Å². The van der Waals surface area contributed by atoms with Crippen LogP contribution in [-0.4, -0.2) is 42.3 Å². The number of carbonyl (C=O) groups excluding carboxylic acids is 1. The zero-order chi connectivity index (χ0) is 16.4. The van der Waals surface area contributed by atoms with Crippen LogP contribution in [0.15, 0.2) is 10.9 Å². The van der Waals surface area contributed by atoms with Crippen molar-refractivity contribution in [2.75, 3.05) is 6.54 Å². The molecule has 23 heavy (non-hydrogen) atoms. The number of rotatable bonds is 6. The third-order valence-electron chi connectivity index (χ3n) is 3.89. The molecule has 0 bridgehead atoms. The second-order valence-electron chi connectivity index (χ2n) is 6.20. The van der Waals surface area contributed by atoms with Crippen molar-refractivity contribution >= 4 is 5.91 Å². The predicted octanol–water partition coefficient (Wildman–Crippen LogP) is 0.753. The summed E-state index contributed by atoms with van der Waals surface area (Å²) in [5, 5.41) is 7.92. The van der Waals surface area contributed by atoms with E-state index in [0.717, 1.165) is 31.8 Å². The summed E-state index contributed by atoms with van der Waals surface area (Å²) >= 11 is 0. The van der Waals surface area contributed by atoms with Gasteiger partial charge in [0.25, 0.3) is 11.7 Å². The molecule has 9 heteroatoms. The lowest BCUT2D eigenvalue weighted by atomic mass is 10.2. The second-order valence-corrected chi connectivity index (χ2v) is 6.20. The fourth-order valence-corrected chi connectivity index (χ4v) is 2.86. The third kappa shape index (κ3) is 3.39. The molecule has 0 aromatic carbocycles. The van der Waals surface area contributed by atoms with Gasteiger partial charge in [-0.25, -0.2) is 9.67 Å². The van der Waals surface area contributed by atoms with E-state index in [9.17, 15) is 4.79 Å². The number of hydrogen-bond donors (Lipinski definition) is 1. The van der Waals surface area contributed by atoms with Gasteiger partial charge in [0.05, 0.1) is 12.6 Å². The van der Waals surface area contributed by atoms with Gasteiger partial charge < -0.3 is 10.3 Å². The summed E-state index contributed by atoms with van der Waals surface area (Å²) < 4.78 is 7.14. The Hall–Kier alpha value is -2.29. The number of carbonyl (C=O) groups is 1. The molecule has 3 heterocycles. The van der Waals surface area contributed by atoms with E-state index < -0.39 is 5.91 Å². The Morgan fingerprint density at radius 3 is 3.04 bits per heavy atom. The van der Waals surface area contributed by atoms with Crippen LogP contribution in [0.4, 0.5) is 0 Å². The summed E-state index contributed by atoms with van der Waals surface area (Å²) in [7, 11) is 0. The van der Waals surface area contributed by atoms with E-state index >= 15 is 0 Å². The molecule has 0 aliphatic carbocycles. The van der Waals surface area contributed by atoms with Crippen molar-refractivity contribution in [1.82, 2.24) is 29.8 Å². The van der Waals surface area contributed by atoms with Crippen LogP contribution < -0.4 is 5.73 Å². The van der Waals surface area contributed by atoms with Crippen LogP contribution >= 0.6 is 0 Å². The molecule has 1 amide bonds. The van der Waals surface area contributed by atoms with Crippen molar-refractivity contribution in [3.8, 4) is 0 Å². The van der Waals surface area contributed by atoms with Gasteiger partial charge in [-0.1, -0.05) is 19.0 Å². The monoisotopic (exact) mass is 319 g/mol. The lowest BCUT2D eigenvalue weighted by Crippen LogP contribution is -2.26. The summed E-state index contributed by atoms with van der Waals surface area (Å²) in [5.41, 5.74) is 5.18. The molecular weight excluding hydrogens is 298 g/mol. The number of likely N-dealkylation sites (tertiary alicyclic amines) is 1. The van der Waals surface area contributed by atoms with E-state index in [2.05, 4.69) is 39.0 Å². The van der Waals surface area contributed by atoms with Crippen LogP contribution in [0.1, 0.15) is 55.1 Å². The molecule has 9 nitrogen and oxygen atoms in total. The van der Waals surface area contributed by atoms with Gasteiger partial charge >= 0.3 is 0 Å². The van der Waals surface area contributed by atoms with E-state index in [4.69, 9.17) is 10.3 Å². The molecule has 1 atom stereocenters. The fraction of sp³-hybridized carbons (Fsp3) is 0.643. The lowest BCUT2D eigenvalue weighted by molar-refractivity contribution is 0.0987. The Morgan fingerprint density at radius 2 is 2.35 bits per heavy atom. The van der Waals surface area contributed by atoms with Crippen LogP contribution in [0, 0.1) is 5.92 Å². The van der Waals surface area contributed by atoms with Crippen molar-refractivity contribution in [2.24, 2.45) is 11.7 Å². The molecule has 0 saturated carbocycles. The maximum absolute atomic E-state index is 11.1. The molecule has 2 aromatic heterocycles. The number of amides is 1. The van der Waals surface area contributed by atoms with E-state index in [1.807, 2.05) is 4.68 Å². The lowest BCUT2D eigenvalue weighted by Gasteiger charge is -2.21. The zero-order valence-corrected chi connectivity index (χ0v) is 13.3. The maximum atomic E-state index is 11.1. The van der Waals surface area contributed by atoms with Gasteiger partial charge in [-0.15, -0.1) is 0 Å². The number of aromatic nitrogens is 5. The first-order valence-corrected chi connectivity index (χ1v) is 7.78. The molecule has 1 saturated heterocycles. The SMILES string of the molecule is CC(C)Cn1ncnc1CN1CCCC1c1nc(C(N)=O)no1. The minimum absolute atomic E-state index is 0.0141. The number of nitrogens with zero attached hydrogens (tertiary/aromatic N) is 6. The van der Waals surface area contributed by atoms with Gasteiger partial charge in [-0.3, -0.25) is 9.69 Å². The molecule has 3 rings (SSSR count). The number of nitrogens with two attached hydrogens (primary N) is 1. The molecule has 1 fully saturated rings. The van der Waals surface area contributed by atoms with Gasteiger partial charge in [0.15, 0.2) is 0 Å². The largest absolute Gasteiger partial charge is 0.363 e. The molecule has 124 valence electrons. The molecule has 1 aliphatic rings. The summed E-state index contributed by atoms with van der Waals surface area (Å²) in [5.74, 6) is 1.10. The zero-order valence-electron chi connectivity index (χ0n) is 13.3. The van der Waals surface area contributed by atoms with Crippen LogP contribution in [0.3, 0.4) is 0 Å². The van der Waals surface area contributed by atoms with Crippen molar-refractivity contribution in [1.29, 1.82) is 0 Å². The Morgan fingerprint density at radius 1 is 1.52 bits per heavy atom. The third-order valence-corrected chi connectivity index (χ3v) is 3.89. The smallest absolute Gasteiger partial charge is 0.290 e. The average Bonchev–Trinajstić information content (AvgIpc) is 3.19. The fourth-order valence-electron chi connectivity index (χ4n) is 2.86. The Kier molecular flexibility index (Phi) is 4.37. The van der Waals surface area contributed by atoms with Crippen LogP contribution in [0.2, 0.25) is 0 Å². The number of hydrogen-bond acceptors (Lipinski definition) is 7. The Labute approximate surface area is 133 Å². The highest BCUT2D eigenvalue weighted by Crippen LogP contribution is 2.31. The van der Waals surface area contributed by atoms with E-state index in [0.29, 0.717) is 18.4 Å². The molecule has 1 unspecified atom stereocenters. The van der Waals surface area contributed by atoms with Gasteiger partial charge in [-0.2, -0.15) is 10.1 Å². The Bertz CT molecular complexity index is 678. The van der Waals surface area contributed by atoms with Crippen molar-refractivity contribution < 1.29 is 9.32 Å². The molecular formula is C14H21N7O2. The standard InChI is InChI=1S/C14H21N7O2/c1-9(2)6-21-11(16-8-17-21)7-20-5-3-4-10(20)14-18-13(12(15)22)19-23-14/h8-10H,3-7H2,1-2H3,(H2,15,22). The number of primary amides is 1. The topological polar surface area (TPSA) is 116 Å². The normalized spacial score (nSPS) is 18.8. The first-order chi connectivity index (χ1) is 11.0. The molecule has 1 aliphatic heterocycles. The molecule has 0 radical (unpaired) electrons. The van der Waals surface area contributed by atoms with Crippen LogP contribution in [-0.2, 0) is 13.1 Å². The van der Waals surface area contributed by atoms with Crippen molar-refractivity contribution in [3.63, 3.8) is 0 Å². The minimum atomic E-state index is -0.679. The highest BCUT2D eigenvalue weighted by Gasteiger charge is 2.32. The molecule has 2 aromatic rings. The van der Waals surface area contributed by atoms with Gasteiger partial charge in [0, 0.05) is 6.54 Å². The Balaban J connectivity index is 1.74. The predicted molar refractivity (Wildman–Crippen MR) is 80.1 cm³/mol. The summed E-state index contributed by atoms with van der Waals surface area (Å²) in [6, 6.07) is -0.0141. The average molecular weight is 319 g/mol. The highest BCUT2D eigenvalue weighted by molar-refractivity contribution is 5.88. The van der Waals surface area contributed by atoms with Gasteiger partial charge in [-0.05, 0) is 25.3 Å². The minimum Gasteiger partial charge on any atom is -0.363 e. The van der Waals surface area contributed by atoms with Gasteiger partial charge in [0.1, 0.15) is 12.2 Å². The van der Waals surface area contributed by atoms with Crippen LogP contribution in [0.5, 0.6) is 0 Å². The van der Waals surface area contributed by atoms with Crippen molar-refractivity contribution in [3.05, 3.63) is 23.9 Å². The first-order valence-electron chi connectivity index (χ1n) is 7.78. The molecule has 0 spiro atoms. The first kappa shape index (κ1) is 15.6. The van der Waals surface area contributed by atoms with Gasteiger partial charge in [0.2, 0.25) is 5.89 Å². The van der Waals surface area contributed by atoms with Crippen LogP contribution in [0.25, 0.3) is 0 Å². The van der Waals surface area contributed by atoms with E-state index in [1.54, 1.807) is 6.33 Å². The van der Waals surface area contributed by atoms with E-state index in [-0.39, 0.29) is 11.9 Å². The quantitative estimate of drug-likeness (QED) is 0.835. The molecule has 2 N–H and O–H groups in total.